The van der Waals surface area contributed by atoms with Crippen LogP contribution >= 0.6 is 23.2 Å². The lowest BCUT2D eigenvalue weighted by Gasteiger charge is -2.16. The van der Waals surface area contributed by atoms with Crippen molar-refractivity contribution in [3.8, 4) is 5.75 Å². The summed E-state index contributed by atoms with van der Waals surface area (Å²) in [6.07, 6.45) is -0.303. The zero-order valence-electron chi connectivity index (χ0n) is 10.4. The first-order chi connectivity index (χ1) is 9.11. The van der Waals surface area contributed by atoms with Gasteiger partial charge in [-0.3, -0.25) is 0 Å². The molecule has 0 aromatic heterocycles. The fraction of sp³-hybridized carbons (Fsp3) is 0.200. The van der Waals surface area contributed by atoms with E-state index in [0.717, 1.165) is 5.56 Å². The topological polar surface area (TPSA) is 29.5 Å². The highest BCUT2D eigenvalue weighted by Gasteiger charge is 2.17. The largest absolute Gasteiger partial charge is 0.496 e. The highest BCUT2D eigenvalue weighted by atomic mass is 35.5. The molecule has 4 heteroatoms. The van der Waals surface area contributed by atoms with Crippen LogP contribution in [0.2, 0.25) is 10.0 Å². The third-order valence-corrected chi connectivity index (χ3v) is 3.45. The summed E-state index contributed by atoms with van der Waals surface area (Å²) in [4.78, 5) is 0. The SMILES string of the molecule is COc1cccc(Cl)c1C(O)Cc1cccc(Cl)c1. The van der Waals surface area contributed by atoms with Gasteiger partial charge in [-0.2, -0.15) is 0 Å². The van der Waals surface area contributed by atoms with E-state index in [1.807, 2.05) is 18.2 Å². The summed E-state index contributed by atoms with van der Waals surface area (Å²) in [5, 5.41) is 11.5. The first-order valence-electron chi connectivity index (χ1n) is 5.86. The van der Waals surface area contributed by atoms with Crippen LogP contribution in [0.3, 0.4) is 0 Å². The summed E-state index contributed by atoms with van der Waals surface area (Å²) < 4.78 is 5.24. The van der Waals surface area contributed by atoms with Crippen molar-refractivity contribution in [3.05, 3.63) is 63.6 Å². The molecular weight excluding hydrogens is 283 g/mol. The standard InChI is InChI=1S/C15H14Cl2O2/c1-19-14-7-3-6-12(17)15(14)13(18)9-10-4-2-5-11(16)8-10/h2-8,13,18H,9H2,1H3. The molecule has 2 nitrogen and oxygen atoms in total. The molecule has 2 aromatic carbocycles. The van der Waals surface area contributed by atoms with Crippen molar-refractivity contribution in [2.24, 2.45) is 0 Å². The van der Waals surface area contributed by atoms with Crippen LogP contribution in [0.4, 0.5) is 0 Å². The Hall–Kier alpha value is -1.22. The molecule has 0 aliphatic heterocycles. The van der Waals surface area contributed by atoms with Crippen LogP contribution < -0.4 is 4.74 Å². The van der Waals surface area contributed by atoms with E-state index in [2.05, 4.69) is 0 Å². The van der Waals surface area contributed by atoms with Gasteiger partial charge in [0.1, 0.15) is 5.75 Å². The number of rotatable bonds is 4. The van der Waals surface area contributed by atoms with Gasteiger partial charge in [0.05, 0.1) is 18.2 Å². The fourth-order valence-corrected chi connectivity index (χ4v) is 2.51. The van der Waals surface area contributed by atoms with Crippen LogP contribution in [-0.2, 0) is 6.42 Å². The van der Waals surface area contributed by atoms with Gasteiger partial charge >= 0.3 is 0 Å². The van der Waals surface area contributed by atoms with Crippen molar-refractivity contribution in [2.45, 2.75) is 12.5 Å². The van der Waals surface area contributed by atoms with Gasteiger partial charge in [-0.05, 0) is 29.8 Å². The molecule has 0 heterocycles. The Kier molecular flexibility index (Phi) is 4.70. The minimum Gasteiger partial charge on any atom is -0.496 e. The van der Waals surface area contributed by atoms with E-state index in [4.69, 9.17) is 27.9 Å². The summed E-state index contributed by atoms with van der Waals surface area (Å²) in [7, 11) is 1.56. The summed E-state index contributed by atoms with van der Waals surface area (Å²) in [6.45, 7) is 0. The molecule has 1 unspecified atom stereocenters. The van der Waals surface area contributed by atoms with Crippen LogP contribution in [0.25, 0.3) is 0 Å². The Labute approximate surface area is 122 Å². The van der Waals surface area contributed by atoms with E-state index < -0.39 is 6.10 Å². The Morgan fingerprint density at radius 3 is 2.58 bits per heavy atom. The van der Waals surface area contributed by atoms with Gasteiger partial charge in [-0.1, -0.05) is 41.4 Å². The summed E-state index contributed by atoms with van der Waals surface area (Å²) in [6, 6.07) is 12.7. The van der Waals surface area contributed by atoms with Crippen LogP contribution in [0.5, 0.6) is 5.75 Å². The Morgan fingerprint density at radius 1 is 1.16 bits per heavy atom. The minimum atomic E-state index is -0.734. The lowest BCUT2D eigenvalue weighted by Crippen LogP contribution is -2.05. The molecule has 0 radical (unpaired) electrons. The quantitative estimate of drug-likeness (QED) is 0.912. The number of aliphatic hydroxyl groups is 1. The summed E-state index contributed by atoms with van der Waals surface area (Å²) in [5.74, 6) is 0.585. The molecule has 1 atom stereocenters. The molecule has 0 bridgehead atoms. The molecule has 0 aliphatic carbocycles. The van der Waals surface area contributed by atoms with Crippen LogP contribution in [-0.4, -0.2) is 12.2 Å². The highest BCUT2D eigenvalue weighted by Crippen LogP contribution is 2.33. The van der Waals surface area contributed by atoms with Gasteiger partial charge in [-0.15, -0.1) is 0 Å². The number of hydrogen-bond donors (Lipinski definition) is 1. The van der Waals surface area contributed by atoms with Crippen molar-refractivity contribution >= 4 is 23.2 Å². The molecule has 0 saturated carbocycles. The number of hydrogen-bond acceptors (Lipinski definition) is 2. The predicted octanol–water partition coefficient (Wildman–Crippen LogP) is 4.28. The van der Waals surface area contributed by atoms with Gasteiger partial charge in [0.15, 0.2) is 0 Å². The molecule has 0 amide bonds. The molecular formula is C15H14Cl2O2. The van der Waals surface area contributed by atoms with Crippen LogP contribution in [0.1, 0.15) is 17.2 Å². The maximum absolute atomic E-state index is 10.4. The van der Waals surface area contributed by atoms with Crippen molar-refractivity contribution in [2.75, 3.05) is 7.11 Å². The highest BCUT2D eigenvalue weighted by molar-refractivity contribution is 6.31. The average Bonchev–Trinajstić information content (AvgIpc) is 2.38. The van der Waals surface area contributed by atoms with Gasteiger partial charge < -0.3 is 9.84 Å². The normalized spacial score (nSPS) is 12.2. The van der Waals surface area contributed by atoms with E-state index in [-0.39, 0.29) is 0 Å². The molecule has 19 heavy (non-hydrogen) atoms. The van der Waals surface area contributed by atoms with E-state index >= 15 is 0 Å². The van der Waals surface area contributed by atoms with Crippen molar-refractivity contribution in [1.82, 2.24) is 0 Å². The van der Waals surface area contributed by atoms with Crippen molar-refractivity contribution < 1.29 is 9.84 Å². The van der Waals surface area contributed by atoms with Crippen molar-refractivity contribution in [1.29, 1.82) is 0 Å². The monoisotopic (exact) mass is 296 g/mol. The maximum atomic E-state index is 10.4. The number of ether oxygens (including phenoxy) is 1. The van der Waals surface area contributed by atoms with Gasteiger partial charge in [0, 0.05) is 17.0 Å². The second-order valence-electron chi connectivity index (χ2n) is 4.21. The second-order valence-corrected chi connectivity index (χ2v) is 5.05. The molecule has 2 aromatic rings. The smallest absolute Gasteiger partial charge is 0.126 e. The molecule has 0 saturated heterocycles. The van der Waals surface area contributed by atoms with Crippen molar-refractivity contribution in [3.63, 3.8) is 0 Å². The molecule has 0 aliphatic rings. The maximum Gasteiger partial charge on any atom is 0.126 e. The predicted molar refractivity (Wildman–Crippen MR) is 78.1 cm³/mol. The Bertz CT molecular complexity index is 570. The van der Waals surface area contributed by atoms with Crippen LogP contribution in [0.15, 0.2) is 42.5 Å². The molecule has 0 spiro atoms. The number of methoxy groups -OCH3 is 1. The van der Waals surface area contributed by atoms with E-state index in [0.29, 0.717) is 27.8 Å². The first kappa shape index (κ1) is 14.2. The van der Waals surface area contributed by atoms with E-state index in [1.165, 1.54) is 0 Å². The summed E-state index contributed by atoms with van der Waals surface area (Å²) >= 11 is 12.1. The van der Waals surface area contributed by atoms with E-state index in [1.54, 1.807) is 31.4 Å². The first-order valence-corrected chi connectivity index (χ1v) is 6.62. The van der Waals surface area contributed by atoms with Gasteiger partial charge in [0.2, 0.25) is 0 Å². The molecule has 2 rings (SSSR count). The average molecular weight is 297 g/mol. The third kappa shape index (κ3) is 3.41. The third-order valence-electron chi connectivity index (χ3n) is 2.88. The number of halogens is 2. The van der Waals surface area contributed by atoms with Gasteiger partial charge in [0.25, 0.3) is 0 Å². The minimum absolute atomic E-state index is 0.431. The Balaban J connectivity index is 2.27. The van der Waals surface area contributed by atoms with Gasteiger partial charge in [-0.25, -0.2) is 0 Å². The number of aliphatic hydroxyl groups excluding tert-OH is 1. The van der Waals surface area contributed by atoms with E-state index in [9.17, 15) is 5.11 Å². The lowest BCUT2D eigenvalue weighted by molar-refractivity contribution is 0.174. The summed E-state index contributed by atoms with van der Waals surface area (Å²) in [5.41, 5.74) is 1.55. The molecule has 100 valence electrons. The Morgan fingerprint density at radius 2 is 1.89 bits per heavy atom. The zero-order chi connectivity index (χ0) is 13.8. The second kappa shape index (κ2) is 6.29. The fourth-order valence-electron chi connectivity index (χ4n) is 2.01. The number of benzene rings is 2. The zero-order valence-corrected chi connectivity index (χ0v) is 11.9. The molecule has 0 fully saturated rings. The molecule has 1 N–H and O–H groups in total. The van der Waals surface area contributed by atoms with Crippen LogP contribution in [0, 0.1) is 0 Å². The lowest BCUT2D eigenvalue weighted by atomic mass is 10.0.